The number of carbonyl (C=O) groups is 1. The molecule has 3 rings (SSSR count). The third kappa shape index (κ3) is 1.76. The van der Waals surface area contributed by atoms with Crippen LogP contribution in [0.4, 0.5) is 5.69 Å². The Morgan fingerprint density at radius 2 is 2.33 bits per heavy atom. The van der Waals surface area contributed by atoms with Gasteiger partial charge in [-0.3, -0.25) is 9.69 Å². The van der Waals surface area contributed by atoms with Gasteiger partial charge in [0.1, 0.15) is 11.8 Å². The quantitative estimate of drug-likeness (QED) is 0.808. The third-order valence-corrected chi connectivity index (χ3v) is 3.68. The Bertz CT molecular complexity index is 489. The van der Waals surface area contributed by atoms with Gasteiger partial charge in [0.25, 0.3) is 0 Å². The normalized spacial score (nSPS) is 27.1. The largest absolute Gasteiger partial charge is 0.497 e. The first-order valence-corrected chi connectivity index (χ1v) is 6.17. The molecule has 1 aromatic carbocycles. The summed E-state index contributed by atoms with van der Waals surface area (Å²) in [5.41, 5.74) is 7.79. The molecular weight excluding hydrogens is 230 g/mol. The van der Waals surface area contributed by atoms with Crippen molar-refractivity contribution in [3.05, 3.63) is 23.8 Å². The maximum atomic E-state index is 12.1. The Morgan fingerprint density at radius 3 is 3.00 bits per heavy atom. The molecule has 1 aromatic rings. The number of likely N-dealkylation sites (tertiary alicyclic amines) is 1. The van der Waals surface area contributed by atoms with Gasteiger partial charge in [-0.25, -0.2) is 0 Å². The number of amides is 1. The second-order valence-electron chi connectivity index (χ2n) is 4.89. The minimum atomic E-state index is -0.195. The Labute approximate surface area is 106 Å². The summed E-state index contributed by atoms with van der Waals surface area (Å²) in [7, 11) is 1.62. The molecule has 2 heterocycles. The molecule has 2 aliphatic rings. The predicted octanol–water partition coefficient (Wildman–Crippen LogP) is 0.721. The number of anilines is 1. The minimum Gasteiger partial charge on any atom is -0.497 e. The average Bonchev–Trinajstić information content (AvgIpc) is 2.90. The van der Waals surface area contributed by atoms with Crippen molar-refractivity contribution in [3.63, 3.8) is 0 Å². The molecule has 1 fully saturated rings. The monoisotopic (exact) mass is 247 g/mol. The topological polar surface area (TPSA) is 67.6 Å². The SMILES string of the molecule is COc1ccc2c(c1)NC(=O)C2N1CCC(N)C1. The predicted molar refractivity (Wildman–Crippen MR) is 68.5 cm³/mol. The molecule has 5 heteroatoms. The number of rotatable bonds is 2. The number of nitrogens with two attached hydrogens (primary N) is 1. The maximum Gasteiger partial charge on any atom is 0.246 e. The van der Waals surface area contributed by atoms with Crippen LogP contribution in [0.25, 0.3) is 0 Å². The van der Waals surface area contributed by atoms with E-state index in [0.717, 1.165) is 36.5 Å². The summed E-state index contributed by atoms with van der Waals surface area (Å²) in [6, 6.07) is 5.70. The lowest BCUT2D eigenvalue weighted by molar-refractivity contribution is -0.120. The molecule has 1 amide bonds. The van der Waals surface area contributed by atoms with Crippen molar-refractivity contribution in [1.82, 2.24) is 4.90 Å². The minimum absolute atomic E-state index is 0.0346. The Balaban J connectivity index is 1.92. The highest BCUT2D eigenvalue weighted by Crippen LogP contribution is 2.38. The first-order chi connectivity index (χ1) is 8.69. The van der Waals surface area contributed by atoms with E-state index in [1.165, 1.54) is 0 Å². The molecule has 2 atom stereocenters. The Kier molecular flexibility index (Phi) is 2.72. The molecule has 96 valence electrons. The van der Waals surface area contributed by atoms with Gasteiger partial charge >= 0.3 is 0 Å². The molecule has 0 bridgehead atoms. The zero-order chi connectivity index (χ0) is 12.7. The fraction of sp³-hybridized carbons (Fsp3) is 0.462. The van der Waals surface area contributed by atoms with Crippen molar-refractivity contribution in [3.8, 4) is 5.75 Å². The smallest absolute Gasteiger partial charge is 0.246 e. The van der Waals surface area contributed by atoms with Crippen molar-refractivity contribution >= 4 is 11.6 Å². The van der Waals surface area contributed by atoms with E-state index < -0.39 is 0 Å². The summed E-state index contributed by atoms with van der Waals surface area (Å²) < 4.78 is 5.17. The Hall–Kier alpha value is -1.59. The first-order valence-electron chi connectivity index (χ1n) is 6.17. The fourth-order valence-electron chi connectivity index (χ4n) is 2.76. The van der Waals surface area contributed by atoms with Gasteiger partial charge in [-0.1, -0.05) is 6.07 Å². The number of hydrogen-bond donors (Lipinski definition) is 2. The molecule has 2 aliphatic heterocycles. The molecule has 2 unspecified atom stereocenters. The Morgan fingerprint density at radius 1 is 1.50 bits per heavy atom. The third-order valence-electron chi connectivity index (χ3n) is 3.68. The van der Waals surface area contributed by atoms with Crippen LogP contribution in [0.3, 0.4) is 0 Å². The molecule has 0 radical (unpaired) electrons. The van der Waals surface area contributed by atoms with E-state index in [9.17, 15) is 4.79 Å². The zero-order valence-electron chi connectivity index (χ0n) is 10.3. The molecular formula is C13H17N3O2. The number of nitrogens with zero attached hydrogens (tertiary/aromatic N) is 1. The zero-order valence-corrected chi connectivity index (χ0v) is 10.3. The number of methoxy groups -OCH3 is 1. The van der Waals surface area contributed by atoms with E-state index in [0.29, 0.717) is 0 Å². The molecule has 0 aliphatic carbocycles. The van der Waals surface area contributed by atoms with Crippen LogP contribution in [0.1, 0.15) is 18.0 Å². The standard InChI is InChI=1S/C13H17N3O2/c1-18-9-2-3-10-11(6-9)15-13(17)12(10)16-5-4-8(14)7-16/h2-3,6,8,12H,4-5,7,14H2,1H3,(H,15,17). The van der Waals surface area contributed by atoms with E-state index in [4.69, 9.17) is 10.5 Å². The van der Waals surface area contributed by atoms with Gasteiger partial charge in [0.05, 0.1) is 7.11 Å². The van der Waals surface area contributed by atoms with Crippen LogP contribution in [-0.4, -0.2) is 37.0 Å². The van der Waals surface area contributed by atoms with Crippen LogP contribution in [0, 0.1) is 0 Å². The molecule has 5 nitrogen and oxygen atoms in total. The van der Waals surface area contributed by atoms with Crippen molar-refractivity contribution < 1.29 is 9.53 Å². The molecule has 1 saturated heterocycles. The number of nitrogens with one attached hydrogen (secondary N) is 1. The summed E-state index contributed by atoms with van der Waals surface area (Å²) >= 11 is 0. The summed E-state index contributed by atoms with van der Waals surface area (Å²) in [4.78, 5) is 14.2. The van der Waals surface area contributed by atoms with Gasteiger partial charge in [0.2, 0.25) is 5.91 Å². The lowest BCUT2D eigenvalue weighted by Gasteiger charge is -2.21. The average molecular weight is 247 g/mol. The van der Waals surface area contributed by atoms with Crippen LogP contribution in [0.15, 0.2) is 18.2 Å². The molecule has 0 spiro atoms. The van der Waals surface area contributed by atoms with Crippen molar-refractivity contribution in [1.29, 1.82) is 0 Å². The number of benzene rings is 1. The highest BCUT2D eigenvalue weighted by molar-refractivity contribution is 6.02. The lowest BCUT2D eigenvalue weighted by Crippen LogP contribution is -2.33. The highest BCUT2D eigenvalue weighted by Gasteiger charge is 2.38. The number of ether oxygens (including phenoxy) is 1. The molecule has 18 heavy (non-hydrogen) atoms. The lowest BCUT2D eigenvalue weighted by atomic mass is 10.1. The van der Waals surface area contributed by atoms with Gasteiger partial charge in [0, 0.05) is 36.4 Å². The van der Waals surface area contributed by atoms with E-state index >= 15 is 0 Å². The maximum absolute atomic E-state index is 12.1. The van der Waals surface area contributed by atoms with Crippen LogP contribution in [-0.2, 0) is 4.79 Å². The first kappa shape index (κ1) is 11.5. The summed E-state index contributed by atoms with van der Waals surface area (Å²) in [5, 5.41) is 2.91. The van der Waals surface area contributed by atoms with Gasteiger partial charge in [0.15, 0.2) is 0 Å². The van der Waals surface area contributed by atoms with Gasteiger partial charge < -0.3 is 15.8 Å². The summed E-state index contributed by atoms with van der Waals surface area (Å²) in [6.45, 7) is 1.66. The van der Waals surface area contributed by atoms with Crippen LogP contribution in [0.2, 0.25) is 0 Å². The van der Waals surface area contributed by atoms with Crippen LogP contribution < -0.4 is 15.8 Å². The second kappa shape index (κ2) is 4.26. The van der Waals surface area contributed by atoms with Crippen molar-refractivity contribution in [2.45, 2.75) is 18.5 Å². The second-order valence-corrected chi connectivity index (χ2v) is 4.89. The summed E-state index contributed by atoms with van der Waals surface area (Å²) in [5.74, 6) is 0.792. The molecule has 0 saturated carbocycles. The number of hydrogen-bond acceptors (Lipinski definition) is 4. The highest BCUT2D eigenvalue weighted by atomic mass is 16.5. The van der Waals surface area contributed by atoms with Crippen molar-refractivity contribution in [2.24, 2.45) is 5.73 Å². The van der Waals surface area contributed by atoms with Crippen LogP contribution in [0.5, 0.6) is 5.75 Å². The van der Waals surface area contributed by atoms with Crippen LogP contribution >= 0.6 is 0 Å². The van der Waals surface area contributed by atoms with E-state index in [-0.39, 0.29) is 18.0 Å². The van der Waals surface area contributed by atoms with E-state index in [2.05, 4.69) is 10.2 Å². The van der Waals surface area contributed by atoms with E-state index in [1.54, 1.807) is 7.11 Å². The van der Waals surface area contributed by atoms with Gasteiger partial charge in [-0.05, 0) is 12.5 Å². The van der Waals surface area contributed by atoms with Gasteiger partial charge in [-0.15, -0.1) is 0 Å². The molecule has 0 aromatic heterocycles. The summed E-state index contributed by atoms with van der Waals surface area (Å²) in [6.07, 6.45) is 0.954. The number of fused-ring (bicyclic) bond motifs is 1. The number of carbonyl (C=O) groups excluding carboxylic acids is 1. The fourth-order valence-corrected chi connectivity index (χ4v) is 2.76. The molecule has 3 N–H and O–H groups in total. The van der Waals surface area contributed by atoms with Gasteiger partial charge in [-0.2, -0.15) is 0 Å². The van der Waals surface area contributed by atoms with E-state index in [1.807, 2.05) is 18.2 Å². The van der Waals surface area contributed by atoms with Crippen molar-refractivity contribution in [2.75, 3.05) is 25.5 Å².